The standard InChI is InChI=1S/C20H15N3O3/c24-20(15-8-9-17-18(11-15)26-13-25-17)23-22-19(14-5-2-1-3-6-14)16-7-4-10-21-12-16/h1-12H,13H2,(H,23,24)/b22-19-. The minimum absolute atomic E-state index is 0.164. The number of hydrazone groups is 1. The molecule has 26 heavy (non-hydrogen) atoms. The van der Waals surface area contributed by atoms with Crippen molar-refractivity contribution in [1.29, 1.82) is 0 Å². The van der Waals surface area contributed by atoms with Gasteiger partial charge in [0, 0.05) is 29.1 Å². The topological polar surface area (TPSA) is 72.8 Å². The summed E-state index contributed by atoms with van der Waals surface area (Å²) in [4.78, 5) is 16.6. The van der Waals surface area contributed by atoms with Crippen molar-refractivity contribution in [2.24, 2.45) is 5.10 Å². The van der Waals surface area contributed by atoms with E-state index in [0.717, 1.165) is 11.1 Å². The molecule has 0 aliphatic carbocycles. The molecule has 2 heterocycles. The number of hydrogen-bond acceptors (Lipinski definition) is 5. The molecule has 1 amide bonds. The number of pyridine rings is 1. The highest BCUT2D eigenvalue weighted by Crippen LogP contribution is 2.32. The van der Waals surface area contributed by atoms with Crippen molar-refractivity contribution in [2.45, 2.75) is 0 Å². The van der Waals surface area contributed by atoms with Crippen molar-refractivity contribution >= 4 is 11.6 Å². The average molecular weight is 345 g/mol. The number of nitrogens with one attached hydrogen (secondary N) is 1. The van der Waals surface area contributed by atoms with Gasteiger partial charge in [-0.3, -0.25) is 9.78 Å². The zero-order valence-corrected chi connectivity index (χ0v) is 13.8. The van der Waals surface area contributed by atoms with Crippen molar-refractivity contribution in [2.75, 3.05) is 6.79 Å². The Morgan fingerprint density at radius 1 is 0.923 bits per heavy atom. The number of fused-ring (bicyclic) bond motifs is 1. The second-order valence-corrected chi connectivity index (χ2v) is 5.58. The van der Waals surface area contributed by atoms with E-state index in [1.807, 2.05) is 42.5 Å². The Hall–Kier alpha value is -3.67. The number of carbonyl (C=O) groups is 1. The average Bonchev–Trinajstić information content (AvgIpc) is 3.17. The Labute approximate surface area is 150 Å². The molecule has 0 spiro atoms. The fourth-order valence-corrected chi connectivity index (χ4v) is 2.60. The fraction of sp³-hybridized carbons (Fsp3) is 0.0500. The quantitative estimate of drug-likeness (QED) is 0.583. The van der Waals surface area contributed by atoms with Gasteiger partial charge in [0.05, 0.1) is 5.71 Å². The van der Waals surface area contributed by atoms with E-state index in [0.29, 0.717) is 22.8 Å². The van der Waals surface area contributed by atoms with Gasteiger partial charge in [-0.2, -0.15) is 5.10 Å². The molecule has 2 aromatic carbocycles. The van der Waals surface area contributed by atoms with Crippen LogP contribution in [0.5, 0.6) is 11.5 Å². The molecular formula is C20H15N3O3. The minimum Gasteiger partial charge on any atom is -0.454 e. The second kappa shape index (κ2) is 7.06. The molecule has 128 valence electrons. The Balaban J connectivity index is 1.62. The summed E-state index contributed by atoms with van der Waals surface area (Å²) in [7, 11) is 0. The van der Waals surface area contributed by atoms with Crippen LogP contribution in [0.4, 0.5) is 0 Å². The zero-order valence-electron chi connectivity index (χ0n) is 13.8. The molecular weight excluding hydrogens is 330 g/mol. The second-order valence-electron chi connectivity index (χ2n) is 5.58. The summed E-state index contributed by atoms with van der Waals surface area (Å²) in [6.45, 7) is 0.164. The fourth-order valence-electron chi connectivity index (χ4n) is 2.60. The number of aromatic nitrogens is 1. The summed E-state index contributed by atoms with van der Waals surface area (Å²) in [6, 6.07) is 18.4. The summed E-state index contributed by atoms with van der Waals surface area (Å²) >= 11 is 0. The van der Waals surface area contributed by atoms with E-state index >= 15 is 0 Å². The highest BCUT2D eigenvalue weighted by atomic mass is 16.7. The van der Waals surface area contributed by atoms with Crippen LogP contribution in [0.1, 0.15) is 21.5 Å². The normalized spacial score (nSPS) is 12.7. The first kappa shape index (κ1) is 15.8. The maximum Gasteiger partial charge on any atom is 0.271 e. The van der Waals surface area contributed by atoms with E-state index in [4.69, 9.17) is 9.47 Å². The van der Waals surface area contributed by atoms with E-state index < -0.39 is 0 Å². The molecule has 4 rings (SSSR count). The van der Waals surface area contributed by atoms with Crippen LogP contribution in [-0.4, -0.2) is 23.4 Å². The molecule has 0 unspecified atom stereocenters. The van der Waals surface area contributed by atoms with Crippen molar-refractivity contribution in [3.05, 3.63) is 89.7 Å². The van der Waals surface area contributed by atoms with Crippen molar-refractivity contribution < 1.29 is 14.3 Å². The predicted octanol–water partition coefficient (Wildman–Crippen LogP) is 2.99. The number of ether oxygens (including phenoxy) is 2. The summed E-state index contributed by atoms with van der Waals surface area (Å²) in [5.41, 5.74) is 5.38. The van der Waals surface area contributed by atoms with E-state index in [1.54, 1.807) is 30.6 Å². The van der Waals surface area contributed by atoms with Gasteiger partial charge in [-0.05, 0) is 30.3 Å². The Morgan fingerprint density at radius 2 is 1.73 bits per heavy atom. The lowest BCUT2D eigenvalue weighted by Gasteiger charge is -2.08. The number of carbonyl (C=O) groups excluding carboxylic acids is 1. The van der Waals surface area contributed by atoms with E-state index in [-0.39, 0.29) is 12.7 Å². The third kappa shape index (κ3) is 3.25. The summed E-state index contributed by atoms with van der Waals surface area (Å²) in [5.74, 6) is 0.850. The van der Waals surface area contributed by atoms with Crippen molar-refractivity contribution in [1.82, 2.24) is 10.4 Å². The SMILES string of the molecule is O=C(N/N=C(/c1ccccc1)c1cccnc1)c1ccc2c(c1)OCO2. The Kier molecular flexibility index (Phi) is 4.30. The smallest absolute Gasteiger partial charge is 0.271 e. The van der Waals surface area contributed by atoms with Gasteiger partial charge in [0.25, 0.3) is 5.91 Å². The molecule has 1 aromatic heterocycles. The molecule has 0 radical (unpaired) electrons. The largest absolute Gasteiger partial charge is 0.454 e. The molecule has 3 aromatic rings. The van der Waals surface area contributed by atoms with Crippen LogP contribution in [0.3, 0.4) is 0 Å². The molecule has 0 saturated heterocycles. The third-order valence-corrected chi connectivity index (χ3v) is 3.89. The lowest BCUT2D eigenvalue weighted by Crippen LogP contribution is -2.20. The van der Waals surface area contributed by atoms with Crippen LogP contribution in [0.25, 0.3) is 0 Å². The summed E-state index contributed by atoms with van der Waals surface area (Å²) < 4.78 is 10.6. The van der Waals surface area contributed by atoms with Crippen LogP contribution >= 0.6 is 0 Å². The zero-order chi connectivity index (χ0) is 17.8. The van der Waals surface area contributed by atoms with E-state index in [2.05, 4.69) is 15.5 Å². The molecule has 0 fully saturated rings. The van der Waals surface area contributed by atoms with E-state index in [9.17, 15) is 4.79 Å². The molecule has 0 atom stereocenters. The first-order chi connectivity index (χ1) is 12.8. The van der Waals surface area contributed by atoms with Crippen molar-refractivity contribution in [3.8, 4) is 11.5 Å². The first-order valence-corrected chi connectivity index (χ1v) is 8.05. The molecule has 1 N–H and O–H groups in total. The lowest BCUT2D eigenvalue weighted by molar-refractivity contribution is 0.0954. The Morgan fingerprint density at radius 3 is 2.54 bits per heavy atom. The molecule has 6 nitrogen and oxygen atoms in total. The van der Waals surface area contributed by atoms with Crippen LogP contribution in [0, 0.1) is 0 Å². The lowest BCUT2D eigenvalue weighted by atomic mass is 10.0. The maximum absolute atomic E-state index is 12.5. The highest BCUT2D eigenvalue weighted by molar-refractivity contribution is 6.13. The van der Waals surface area contributed by atoms with Gasteiger partial charge in [-0.1, -0.05) is 30.3 Å². The third-order valence-electron chi connectivity index (χ3n) is 3.89. The highest BCUT2D eigenvalue weighted by Gasteiger charge is 2.16. The molecule has 0 bridgehead atoms. The minimum atomic E-state index is -0.333. The number of benzene rings is 2. The van der Waals surface area contributed by atoms with Gasteiger partial charge in [0.1, 0.15) is 0 Å². The van der Waals surface area contributed by atoms with Gasteiger partial charge in [-0.15, -0.1) is 0 Å². The molecule has 6 heteroatoms. The molecule has 1 aliphatic heterocycles. The molecule has 0 saturated carbocycles. The van der Waals surface area contributed by atoms with E-state index in [1.165, 1.54) is 0 Å². The maximum atomic E-state index is 12.5. The van der Waals surface area contributed by atoms with Gasteiger partial charge >= 0.3 is 0 Å². The number of hydrogen-bond donors (Lipinski definition) is 1. The monoisotopic (exact) mass is 345 g/mol. The van der Waals surface area contributed by atoms with Crippen molar-refractivity contribution in [3.63, 3.8) is 0 Å². The number of amides is 1. The van der Waals surface area contributed by atoms with Crippen LogP contribution in [0.15, 0.2) is 78.2 Å². The van der Waals surface area contributed by atoms with Crippen LogP contribution in [0.2, 0.25) is 0 Å². The van der Waals surface area contributed by atoms with Gasteiger partial charge in [0.2, 0.25) is 6.79 Å². The van der Waals surface area contributed by atoms with Crippen LogP contribution < -0.4 is 14.9 Å². The van der Waals surface area contributed by atoms with Gasteiger partial charge in [0.15, 0.2) is 11.5 Å². The van der Waals surface area contributed by atoms with Crippen LogP contribution in [-0.2, 0) is 0 Å². The summed E-state index contributed by atoms with van der Waals surface area (Å²) in [6.07, 6.45) is 3.40. The molecule has 1 aliphatic rings. The summed E-state index contributed by atoms with van der Waals surface area (Å²) in [5, 5.41) is 4.34. The predicted molar refractivity (Wildman–Crippen MR) is 96.3 cm³/mol. The number of rotatable bonds is 4. The van der Waals surface area contributed by atoms with Gasteiger partial charge in [-0.25, -0.2) is 5.43 Å². The Bertz CT molecular complexity index is 915. The number of nitrogens with zero attached hydrogens (tertiary/aromatic N) is 2. The first-order valence-electron chi connectivity index (χ1n) is 8.05. The van der Waals surface area contributed by atoms with Gasteiger partial charge < -0.3 is 9.47 Å².